The monoisotopic (exact) mass is 285 g/mol. The van der Waals surface area contributed by atoms with Gasteiger partial charge in [-0.3, -0.25) is 9.30 Å². The summed E-state index contributed by atoms with van der Waals surface area (Å²) in [6, 6.07) is 10.5. The maximum Gasteiger partial charge on any atom is 0.194 e. The van der Waals surface area contributed by atoms with Gasteiger partial charge in [0, 0.05) is 23.7 Å². The Labute approximate surface area is 123 Å². The first-order valence-corrected chi connectivity index (χ1v) is 7.93. The van der Waals surface area contributed by atoms with Crippen LogP contribution in [0.3, 0.4) is 0 Å². The molecule has 3 nitrogen and oxygen atoms in total. The molecule has 4 heteroatoms. The molecule has 2 heterocycles. The maximum atomic E-state index is 4.82. The number of nitrogens with zero attached hydrogens (tertiary/aromatic N) is 3. The van der Waals surface area contributed by atoms with Crippen LogP contribution < -0.4 is 0 Å². The molecule has 3 aromatic rings. The molecule has 0 atom stereocenters. The second-order valence-corrected chi connectivity index (χ2v) is 5.66. The molecule has 0 radical (unpaired) electrons. The van der Waals surface area contributed by atoms with E-state index in [4.69, 9.17) is 4.98 Å². The maximum absolute atomic E-state index is 4.82. The SMILES string of the molecule is CCN(CC)Cc1c(-c2ccccc2)nc2sccn12. The van der Waals surface area contributed by atoms with Gasteiger partial charge in [0.25, 0.3) is 0 Å². The van der Waals surface area contributed by atoms with E-state index in [1.807, 2.05) is 6.07 Å². The highest BCUT2D eigenvalue weighted by molar-refractivity contribution is 7.15. The zero-order valence-electron chi connectivity index (χ0n) is 11.9. The quantitative estimate of drug-likeness (QED) is 0.708. The van der Waals surface area contributed by atoms with Crippen LogP contribution in [0.4, 0.5) is 0 Å². The number of fused-ring (bicyclic) bond motifs is 1. The smallest absolute Gasteiger partial charge is 0.194 e. The van der Waals surface area contributed by atoms with E-state index in [0.29, 0.717) is 0 Å². The Balaban J connectivity index is 2.09. The minimum atomic E-state index is 0.940. The average molecular weight is 285 g/mol. The zero-order chi connectivity index (χ0) is 13.9. The van der Waals surface area contributed by atoms with Crippen molar-refractivity contribution in [1.29, 1.82) is 0 Å². The molecule has 0 unspecified atom stereocenters. The van der Waals surface area contributed by atoms with Crippen LogP contribution in [0, 0.1) is 0 Å². The van der Waals surface area contributed by atoms with E-state index < -0.39 is 0 Å². The zero-order valence-corrected chi connectivity index (χ0v) is 12.7. The van der Waals surface area contributed by atoms with Crippen LogP contribution in [0.1, 0.15) is 19.5 Å². The van der Waals surface area contributed by atoms with Gasteiger partial charge in [-0.1, -0.05) is 44.2 Å². The number of imidazole rings is 1. The van der Waals surface area contributed by atoms with Gasteiger partial charge in [0.2, 0.25) is 0 Å². The molecule has 1 aromatic carbocycles. The van der Waals surface area contributed by atoms with Crippen molar-refractivity contribution < 1.29 is 0 Å². The molecule has 0 spiro atoms. The average Bonchev–Trinajstić information content (AvgIpc) is 3.07. The van der Waals surface area contributed by atoms with Crippen LogP contribution in [0.15, 0.2) is 41.9 Å². The second kappa shape index (κ2) is 5.77. The lowest BCUT2D eigenvalue weighted by Crippen LogP contribution is -2.23. The van der Waals surface area contributed by atoms with Gasteiger partial charge in [0.1, 0.15) is 0 Å². The van der Waals surface area contributed by atoms with Gasteiger partial charge in [-0.25, -0.2) is 4.98 Å². The lowest BCUT2D eigenvalue weighted by Gasteiger charge is -2.18. The number of hydrogen-bond acceptors (Lipinski definition) is 3. The normalized spacial score (nSPS) is 11.6. The van der Waals surface area contributed by atoms with Crippen LogP contribution in [0.2, 0.25) is 0 Å². The van der Waals surface area contributed by atoms with Crippen LogP contribution in [-0.4, -0.2) is 27.4 Å². The summed E-state index contributed by atoms with van der Waals surface area (Å²) < 4.78 is 2.23. The summed E-state index contributed by atoms with van der Waals surface area (Å²) in [6.07, 6.45) is 2.12. The molecule has 3 rings (SSSR count). The second-order valence-electron chi connectivity index (χ2n) is 4.79. The molecule has 0 fully saturated rings. The first kappa shape index (κ1) is 13.3. The van der Waals surface area contributed by atoms with Crippen molar-refractivity contribution in [1.82, 2.24) is 14.3 Å². The van der Waals surface area contributed by atoms with Crippen molar-refractivity contribution in [2.45, 2.75) is 20.4 Å². The summed E-state index contributed by atoms with van der Waals surface area (Å²) in [7, 11) is 0. The first-order valence-electron chi connectivity index (χ1n) is 7.05. The molecular weight excluding hydrogens is 266 g/mol. The minimum Gasteiger partial charge on any atom is -0.298 e. The fourth-order valence-electron chi connectivity index (χ4n) is 2.47. The highest BCUT2D eigenvalue weighted by atomic mass is 32.1. The fourth-order valence-corrected chi connectivity index (χ4v) is 3.20. The number of rotatable bonds is 5. The van der Waals surface area contributed by atoms with Crippen molar-refractivity contribution >= 4 is 16.3 Å². The van der Waals surface area contributed by atoms with Crippen molar-refractivity contribution in [3.05, 3.63) is 47.6 Å². The van der Waals surface area contributed by atoms with Gasteiger partial charge < -0.3 is 0 Å². The molecule has 104 valence electrons. The van der Waals surface area contributed by atoms with Gasteiger partial charge in [0.05, 0.1) is 11.4 Å². The summed E-state index contributed by atoms with van der Waals surface area (Å²) in [5, 5.41) is 2.10. The van der Waals surface area contributed by atoms with E-state index in [9.17, 15) is 0 Å². The lowest BCUT2D eigenvalue weighted by molar-refractivity contribution is 0.292. The summed E-state index contributed by atoms with van der Waals surface area (Å²) in [4.78, 5) is 8.32. The summed E-state index contributed by atoms with van der Waals surface area (Å²) >= 11 is 1.69. The van der Waals surface area contributed by atoms with Crippen LogP contribution in [0.25, 0.3) is 16.2 Å². The van der Waals surface area contributed by atoms with Gasteiger partial charge >= 0.3 is 0 Å². The third-order valence-corrected chi connectivity index (χ3v) is 4.43. The Morgan fingerprint density at radius 2 is 1.90 bits per heavy atom. The molecule has 0 N–H and O–H groups in total. The number of hydrogen-bond donors (Lipinski definition) is 0. The Morgan fingerprint density at radius 1 is 1.15 bits per heavy atom. The molecule has 0 saturated heterocycles. The Hall–Kier alpha value is -1.65. The van der Waals surface area contributed by atoms with Crippen LogP contribution >= 0.6 is 11.3 Å². The molecule has 0 aliphatic rings. The highest BCUT2D eigenvalue weighted by Gasteiger charge is 2.16. The molecule has 0 bridgehead atoms. The van der Waals surface area contributed by atoms with Gasteiger partial charge in [-0.2, -0.15) is 0 Å². The van der Waals surface area contributed by atoms with Crippen LogP contribution in [-0.2, 0) is 6.54 Å². The highest BCUT2D eigenvalue weighted by Crippen LogP contribution is 2.27. The predicted molar refractivity (Wildman–Crippen MR) is 85.1 cm³/mol. The molecule has 2 aromatic heterocycles. The van der Waals surface area contributed by atoms with Crippen molar-refractivity contribution in [2.24, 2.45) is 0 Å². The van der Waals surface area contributed by atoms with E-state index in [0.717, 1.165) is 30.3 Å². The Morgan fingerprint density at radius 3 is 2.60 bits per heavy atom. The molecule has 20 heavy (non-hydrogen) atoms. The summed E-state index contributed by atoms with van der Waals surface area (Å²) in [6.45, 7) is 7.47. The molecule has 0 saturated carbocycles. The number of thiazole rings is 1. The number of benzene rings is 1. The van der Waals surface area contributed by atoms with E-state index in [1.54, 1.807) is 11.3 Å². The Kier molecular flexibility index (Phi) is 3.85. The summed E-state index contributed by atoms with van der Waals surface area (Å²) in [5.74, 6) is 0. The lowest BCUT2D eigenvalue weighted by atomic mass is 10.1. The van der Waals surface area contributed by atoms with Crippen molar-refractivity contribution in [2.75, 3.05) is 13.1 Å². The third-order valence-electron chi connectivity index (χ3n) is 3.68. The number of aromatic nitrogens is 2. The van der Waals surface area contributed by atoms with E-state index >= 15 is 0 Å². The third kappa shape index (κ3) is 2.37. The van der Waals surface area contributed by atoms with Gasteiger partial charge in [0.15, 0.2) is 4.96 Å². The predicted octanol–water partition coefficient (Wildman–Crippen LogP) is 3.90. The molecule has 0 aliphatic heterocycles. The van der Waals surface area contributed by atoms with E-state index in [2.05, 4.69) is 59.0 Å². The first-order chi connectivity index (χ1) is 9.83. The molecule has 0 aliphatic carbocycles. The van der Waals surface area contributed by atoms with E-state index in [1.165, 1.54) is 11.3 Å². The molecule has 0 amide bonds. The molecular formula is C16H19N3S. The Bertz CT molecular complexity index is 680. The summed E-state index contributed by atoms with van der Waals surface area (Å²) in [5.41, 5.74) is 3.60. The van der Waals surface area contributed by atoms with E-state index in [-0.39, 0.29) is 0 Å². The largest absolute Gasteiger partial charge is 0.298 e. The van der Waals surface area contributed by atoms with Crippen molar-refractivity contribution in [3.8, 4) is 11.3 Å². The minimum absolute atomic E-state index is 0.940. The standard InChI is InChI=1S/C16H19N3S/c1-3-18(4-2)12-14-15(13-8-6-5-7-9-13)17-16-19(14)10-11-20-16/h5-11H,3-4,12H2,1-2H3. The topological polar surface area (TPSA) is 20.5 Å². The van der Waals surface area contributed by atoms with Crippen LogP contribution in [0.5, 0.6) is 0 Å². The van der Waals surface area contributed by atoms with Gasteiger partial charge in [-0.15, -0.1) is 11.3 Å². The fraction of sp³-hybridized carbons (Fsp3) is 0.312. The van der Waals surface area contributed by atoms with Crippen molar-refractivity contribution in [3.63, 3.8) is 0 Å². The van der Waals surface area contributed by atoms with Gasteiger partial charge in [-0.05, 0) is 13.1 Å².